The number of benzene rings is 2. The molecule has 1 unspecified atom stereocenters. The summed E-state index contributed by atoms with van der Waals surface area (Å²) in [6.45, 7) is 5.41. The zero-order valence-corrected chi connectivity index (χ0v) is 21.3. The number of nitrogens with one attached hydrogen (secondary N) is 1. The number of carbonyl (C=O) groups excluding carboxylic acids is 2. The largest absolute Gasteiger partial charge is 0.497 e. The first-order valence-corrected chi connectivity index (χ1v) is 13.2. The van der Waals surface area contributed by atoms with Crippen molar-refractivity contribution in [3.8, 4) is 5.75 Å². The Morgan fingerprint density at radius 3 is 2.29 bits per heavy atom. The quantitative estimate of drug-likeness (QED) is 0.495. The summed E-state index contributed by atoms with van der Waals surface area (Å²) in [5.74, 6) is -0.233. The number of hydrogen-bond donors (Lipinski definition) is 1. The maximum Gasteiger partial charge on any atom is 0.244 e. The van der Waals surface area contributed by atoms with Crippen molar-refractivity contribution in [3.63, 3.8) is 0 Å². The highest BCUT2D eigenvalue weighted by Crippen LogP contribution is 2.23. The van der Waals surface area contributed by atoms with Crippen LogP contribution in [0.3, 0.4) is 0 Å². The van der Waals surface area contributed by atoms with Gasteiger partial charge in [0.2, 0.25) is 21.8 Å². The molecule has 0 fully saturated rings. The van der Waals surface area contributed by atoms with E-state index in [1.807, 2.05) is 51.1 Å². The van der Waals surface area contributed by atoms with Crippen molar-refractivity contribution in [2.45, 2.75) is 45.7 Å². The topological polar surface area (TPSA) is 96.0 Å². The summed E-state index contributed by atoms with van der Waals surface area (Å²) in [6.07, 6.45) is 1.99. The number of hydrogen-bond acceptors (Lipinski definition) is 5. The fourth-order valence-corrected chi connectivity index (χ4v) is 4.50. The van der Waals surface area contributed by atoms with Crippen LogP contribution in [0.15, 0.2) is 54.6 Å². The van der Waals surface area contributed by atoms with Gasteiger partial charge in [0.1, 0.15) is 18.3 Å². The third kappa shape index (κ3) is 7.76. The summed E-state index contributed by atoms with van der Waals surface area (Å²) >= 11 is 0. The monoisotopic (exact) mass is 489 g/mol. The molecule has 2 rings (SSSR count). The average Bonchev–Trinajstić information content (AvgIpc) is 2.79. The first-order valence-electron chi connectivity index (χ1n) is 11.3. The van der Waals surface area contributed by atoms with Gasteiger partial charge in [0.25, 0.3) is 0 Å². The summed E-state index contributed by atoms with van der Waals surface area (Å²) in [6, 6.07) is 15.4. The van der Waals surface area contributed by atoms with Crippen LogP contribution in [0.5, 0.6) is 5.75 Å². The summed E-state index contributed by atoms with van der Waals surface area (Å²) in [5.41, 5.74) is 1.34. The molecule has 0 saturated heterocycles. The van der Waals surface area contributed by atoms with Crippen molar-refractivity contribution >= 4 is 27.5 Å². The van der Waals surface area contributed by atoms with Gasteiger partial charge in [-0.05, 0) is 44.4 Å². The van der Waals surface area contributed by atoms with E-state index in [0.29, 0.717) is 24.3 Å². The van der Waals surface area contributed by atoms with Crippen molar-refractivity contribution in [1.29, 1.82) is 0 Å². The van der Waals surface area contributed by atoms with E-state index in [4.69, 9.17) is 4.74 Å². The molecule has 9 heteroatoms. The van der Waals surface area contributed by atoms with Crippen LogP contribution in [0.4, 0.5) is 5.69 Å². The average molecular weight is 490 g/mol. The van der Waals surface area contributed by atoms with Crippen LogP contribution < -0.4 is 14.4 Å². The fraction of sp³-hybridized carbons (Fsp3) is 0.440. The third-order valence-electron chi connectivity index (χ3n) is 5.32. The fourth-order valence-electron chi connectivity index (χ4n) is 3.66. The number of carbonyl (C=O) groups is 2. The molecule has 0 bridgehead atoms. The molecule has 0 aromatic heterocycles. The summed E-state index contributed by atoms with van der Waals surface area (Å²) in [4.78, 5) is 28.0. The van der Waals surface area contributed by atoms with Crippen molar-refractivity contribution in [1.82, 2.24) is 10.2 Å². The van der Waals surface area contributed by atoms with Crippen LogP contribution in [0.25, 0.3) is 0 Å². The number of anilines is 1. The molecule has 0 aliphatic rings. The lowest BCUT2D eigenvalue weighted by atomic mass is 10.1. The van der Waals surface area contributed by atoms with Crippen molar-refractivity contribution in [2.24, 2.45) is 0 Å². The maximum absolute atomic E-state index is 13.5. The smallest absolute Gasteiger partial charge is 0.244 e. The van der Waals surface area contributed by atoms with E-state index in [1.54, 1.807) is 24.3 Å². The minimum absolute atomic E-state index is 0.0862. The van der Waals surface area contributed by atoms with Crippen molar-refractivity contribution in [2.75, 3.05) is 30.8 Å². The Balaban J connectivity index is 2.37. The van der Waals surface area contributed by atoms with Crippen LogP contribution in [0.1, 0.15) is 32.8 Å². The van der Waals surface area contributed by atoms with E-state index in [2.05, 4.69) is 5.32 Å². The number of sulfonamides is 1. The molecule has 0 saturated carbocycles. The first-order chi connectivity index (χ1) is 16.1. The van der Waals surface area contributed by atoms with Crippen LogP contribution in [0.2, 0.25) is 0 Å². The number of amides is 2. The number of ether oxygens (including phenoxy) is 1. The summed E-state index contributed by atoms with van der Waals surface area (Å²) in [5, 5.41) is 2.88. The Hall–Kier alpha value is -3.07. The molecule has 34 heavy (non-hydrogen) atoms. The molecule has 0 heterocycles. The predicted octanol–water partition coefficient (Wildman–Crippen LogP) is 2.84. The van der Waals surface area contributed by atoms with Gasteiger partial charge in [0, 0.05) is 18.7 Å². The van der Waals surface area contributed by atoms with Gasteiger partial charge in [-0.25, -0.2) is 8.42 Å². The van der Waals surface area contributed by atoms with Crippen molar-refractivity contribution in [3.05, 3.63) is 60.2 Å². The molecule has 0 spiro atoms. The van der Waals surface area contributed by atoms with E-state index in [-0.39, 0.29) is 18.5 Å². The molecule has 2 amide bonds. The molecule has 186 valence electrons. The lowest BCUT2D eigenvalue weighted by Crippen LogP contribution is -2.54. The Kier molecular flexibility index (Phi) is 9.92. The maximum atomic E-state index is 13.5. The van der Waals surface area contributed by atoms with E-state index in [0.717, 1.165) is 16.1 Å². The molecule has 0 aliphatic heterocycles. The number of methoxy groups -OCH3 is 1. The lowest BCUT2D eigenvalue weighted by Gasteiger charge is -2.33. The van der Waals surface area contributed by atoms with Gasteiger partial charge in [-0.1, -0.05) is 43.3 Å². The molecule has 0 radical (unpaired) electrons. The summed E-state index contributed by atoms with van der Waals surface area (Å²) < 4.78 is 31.5. The minimum atomic E-state index is -3.78. The Labute approximate surface area is 202 Å². The van der Waals surface area contributed by atoms with Crippen LogP contribution >= 0.6 is 0 Å². The Morgan fingerprint density at radius 1 is 1.06 bits per heavy atom. The molecule has 1 atom stereocenters. The zero-order chi connectivity index (χ0) is 25.3. The highest BCUT2D eigenvalue weighted by Gasteiger charge is 2.31. The number of nitrogens with zero attached hydrogens (tertiary/aromatic N) is 2. The molecule has 0 aliphatic carbocycles. The Morgan fingerprint density at radius 2 is 1.74 bits per heavy atom. The molecular weight excluding hydrogens is 454 g/mol. The third-order valence-corrected chi connectivity index (χ3v) is 6.46. The van der Waals surface area contributed by atoms with Gasteiger partial charge in [-0.15, -0.1) is 0 Å². The van der Waals surface area contributed by atoms with E-state index >= 15 is 0 Å². The first kappa shape index (κ1) is 27.2. The molecule has 2 aromatic rings. The van der Waals surface area contributed by atoms with Crippen molar-refractivity contribution < 1.29 is 22.7 Å². The van der Waals surface area contributed by atoms with Gasteiger partial charge < -0.3 is 15.0 Å². The molecular formula is C25H35N3O5S. The normalized spacial score (nSPS) is 12.2. The van der Waals surface area contributed by atoms with E-state index in [9.17, 15) is 18.0 Å². The van der Waals surface area contributed by atoms with Crippen LogP contribution in [-0.4, -0.2) is 63.7 Å². The van der Waals surface area contributed by atoms with E-state index < -0.39 is 28.5 Å². The highest BCUT2D eigenvalue weighted by atomic mass is 32.2. The van der Waals surface area contributed by atoms with Gasteiger partial charge in [0.15, 0.2) is 0 Å². The van der Waals surface area contributed by atoms with Crippen LogP contribution in [-0.2, 0) is 26.0 Å². The molecule has 1 N–H and O–H groups in total. The predicted molar refractivity (Wildman–Crippen MR) is 134 cm³/mol. The second-order valence-electron chi connectivity index (χ2n) is 8.38. The minimum Gasteiger partial charge on any atom is -0.497 e. The highest BCUT2D eigenvalue weighted by molar-refractivity contribution is 7.92. The second-order valence-corrected chi connectivity index (χ2v) is 10.3. The Bertz CT molecular complexity index is 1060. The van der Waals surface area contributed by atoms with Gasteiger partial charge in [-0.3, -0.25) is 13.9 Å². The van der Waals surface area contributed by atoms with Gasteiger partial charge in [-0.2, -0.15) is 0 Å². The van der Waals surface area contributed by atoms with Gasteiger partial charge in [0.05, 0.1) is 19.1 Å². The lowest BCUT2D eigenvalue weighted by molar-refractivity contribution is -0.139. The summed E-state index contributed by atoms with van der Waals surface area (Å²) in [7, 11) is -2.29. The number of rotatable bonds is 12. The molecule has 8 nitrogen and oxygen atoms in total. The van der Waals surface area contributed by atoms with Crippen LogP contribution in [0, 0.1) is 0 Å². The van der Waals surface area contributed by atoms with E-state index in [1.165, 1.54) is 12.0 Å². The second kappa shape index (κ2) is 12.4. The standard InChI is InChI=1S/C25H35N3O5S/c1-6-23(25(30)26-19(2)3)27(16-15-20-11-8-7-9-12-20)24(29)18-28(34(5,31)32)21-13-10-14-22(17-21)33-4/h7-14,17,19,23H,6,15-16,18H2,1-5H3,(H,26,30). The SMILES string of the molecule is CCC(C(=O)NC(C)C)N(CCc1ccccc1)C(=O)CN(c1cccc(OC)c1)S(C)(=O)=O. The molecule has 2 aromatic carbocycles. The zero-order valence-electron chi connectivity index (χ0n) is 20.5. The van der Waals surface area contributed by atoms with Gasteiger partial charge >= 0.3 is 0 Å².